The largest absolute Gasteiger partial charge is 0.494 e. The van der Waals surface area contributed by atoms with Gasteiger partial charge in [-0.05, 0) is 66.8 Å². The Hall–Kier alpha value is -2.27. The van der Waals surface area contributed by atoms with Crippen LogP contribution in [0.3, 0.4) is 0 Å². The summed E-state index contributed by atoms with van der Waals surface area (Å²) in [4.78, 5) is 0. The Morgan fingerprint density at radius 2 is 1.62 bits per heavy atom. The number of nitriles is 1. The van der Waals surface area contributed by atoms with Gasteiger partial charge < -0.3 is 4.74 Å². The van der Waals surface area contributed by atoms with Gasteiger partial charge in [-0.2, -0.15) is 5.26 Å². The lowest BCUT2D eigenvalue weighted by atomic mass is 9.67. The van der Waals surface area contributed by atoms with E-state index in [1.165, 1.54) is 61.6 Å². The summed E-state index contributed by atoms with van der Waals surface area (Å²) in [5.41, 5.74) is 3.69. The molecule has 2 nitrogen and oxygen atoms in total. The number of aryl methyl sites for hydroxylation is 1. The molecule has 32 heavy (non-hydrogen) atoms. The fourth-order valence-electron chi connectivity index (χ4n) is 5.11. The number of hydrogen-bond donors (Lipinski definition) is 0. The van der Waals surface area contributed by atoms with Gasteiger partial charge in [0.15, 0.2) is 0 Å². The minimum absolute atomic E-state index is 0.108. The van der Waals surface area contributed by atoms with Gasteiger partial charge in [-0.3, -0.25) is 0 Å². The zero-order chi connectivity index (χ0) is 22.7. The molecule has 2 aromatic carbocycles. The van der Waals surface area contributed by atoms with Crippen molar-refractivity contribution in [3.63, 3.8) is 0 Å². The first-order chi connectivity index (χ1) is 15.7. The first kappa shape index (κ1) is 24.4. The molecule has 0 spiro atoms. The zero-order valence-electron chi connectivity index (χ0n) is 20.2. The van der Waals surface area contributed by atoms with Crippen molar-refractivity contribution in [3.8, 4) is 22.9 Å². The average molecular weight is 432 g/mol. The summed E-state index contributed by atoms with van der Waals surface area (Å²) in [6.45, 7) is 5.32. The lowest BCUT2D eigenvalue weighted by molar-refractivity contribution is 0.183. The van der Waals surface area contributed by atoms with Gasteiger partial charge in [-0.1, -0.05) is 95.2 Å². The molecule has 2 unspecified atom stereocenters. The number of benzene rings is 2. The van der Waals surface area contributed by atoms with Crippen molar-refractivity contribution in [2.24, 2.45) is 11.3 Å². The second kappa shape index (κ2) is 12.7. The molecule has 0 radical (unpaired) electrons. The van der Waals surface area contributed by atoms with Crippen molar-refractivity contribution in [2.45, 2.75) is 90.9 Å². The second-order valence-electron chi connectivity index (χ2n) is 9.75. The molecule has 0 saturated heterocycles. The standard InChI is InChI=1S/C30H41NO/c1-3-5-6-7-8-22-32-29-17-15-28(16-18-29)27-13-11-26(12-14-27)19-21-30(24-31)20-9-10-25(4-2)23-30/h11-18,25H,3-10,19-23H2,1-2H3. The van der Waals surface area contributed by atoms with Crippen LogP contribution in [0.2, 0.25) is 0 Å². The van der Waals surface area contributed by atoms with Crippen LogP contribution in [0.25, 0.3) is 11.1 Å². The molecule has 0 aromatic heterocycles. The van der Waals surface area contributed by atoms with Crippen LogP contribution in [0.5, 0.6) is 5.75 Å². The minimum atomic E-state index is -0.108. The van der Waals surface area contributed by atoms with Crippen LogP contribution in [0.4, 0.5) is 0 Å². The summed E-state index contributed by atoms with van der Waals surface area (Å²) in [7, 11) is 0. The first-order valence-corrected chi connectivity index (χ1v) is 12.9. The highest BCUT2D eigenvalue weighted by atomic mass is 16.5. The third-order valence-corrected chi connectivity index (χ3v) is 7.31. The van der Waals surface area contributed by atoms with E-state index in [0.717, 1.165) is 50.4 Å². The van der Waals surface area contributed by atoms with E-state index in [1.54, 1.807) is 0 Å². The maximum atomic E-state index is 9.89. The highest BCUT2D eigenvalue weighted by molar-refractivity contribution is 5.64. The minimum Gasteiger partial charge on any atom is -0.494 e. The van der Waals surface area contributed by atoms with Gasteiger partial charge in [0.25, 0.3) is 0 Å². The third kappa shape index (κ3) is 7.13. The van der Waals surface area contributed by atoms with E-state index >= 15 is 0 Å². The molecule has 0 amide bonds. The molecule has 0 aliphatic heterocycles. The van der Waals surface area contributed by atoms with Crippen LogP contribution in [-0.2, 0) is 6.42 Å². The Kier molecular flexibility index (Phi) is 9.66. The highest BCUT2D eigenvalue weighted by Crippen LogP contribution is 2.43. The van der Waals surface area contributed by atoms with E-state index in [1.807, 2.05) is 0 Å². The lowest BCUT2D eigenvalue weighted by Crippen LogP contribution is -2.27. The molecule has 2 heteroatoms. The van der Waals surface area contributed by atoms with Crippen molar-refractivity contribution < 1.29 is 4.74 Å². The fourth-order valence-corrected chi connectivity index (χ4v) is 5.11. The Labute approximate surface area is 196 Å². The first-order valence-electron chi connectivity index (χ1n) is 12.9. The summed E-state index contributed by atoms with van der Waals surface area (Å²) in [6, 6.07) is 20.1. The predicted octanol–water partition coefficient (Wildman–Crippen LogP) is 8.75. The molecule has 0 N–H and O–H groups in total. The Morgan fingerprint density at radius 3 is 2.28 bits per heavy atom. The summed E-state index contributed by atoms with van der Waals surface area (Å²) in [5.74, 6) is 1.69. The predicted molar refractivity (Wildman–Crippen MR) is 135 cm³/mol. The van der Waals surface area contributed by atoms with Crippen molar-refractivity contribution in [1.82, 2.24) is 0 Å². The van der Waals surface area contributed by atoms with E-state index in [0.29, 0.717) is 0 Å². The van der Waals surface area contributed by atoms with Gasteiger partial charge in [0.1, 0.15) is 5.75 Å². The monoisotopic (exact) mass is 431 g/mol. The number of ether oxygens (including phenoxy) is 1. The SMILES string of the molecule is CCCCCCCOc1ccc(-c2ccc(CCC3(C#N)CCCC(CC)C3)cc2)cc1. The Morgan fingerprint density at radius 1 is 0.938 bits per heavy atom. The molecule has 0 bridgehead atoms. The molecule has 1 fully saturated rings. The smallest absolute Gasteiger partial charge is 0.119 e. The maximum Gasteiger partial charge on any atom is 0.119 e. The topological polar surface area (TPSA) is 33.0 Å². The molecule has 2 aromatic rings. The quantitative estimate of drug-likeness (QED) is 0.315. The zero-order valence-corrected chi connectivity index (χ0v) is 20.2. The lowest BCUT2D eigenvalue weighted by Gasteiger charge is -2.35. The molecule has 172 valence electrons. The molecule has 0 heterocycles. The highest BCUT2D eigenvalue weighted by Gasteiger charge is 2.35. The molecular formula is C30H41NO. The van der Waals surface area contributed by atoms with Crippen LogP contribution in [0.15, 0.2) is 48.5 Å². The van der Waals surface area contributed by atoms with Crippen molar-refractivity contribution in [2.75, 3.05) is 6.61 Å². The van der Waals surface area contributed by atoms with Gasteiger partial charge in [-0.15, -0.1) is 0 Å². The van der Waals surface area contributed by atoms with E-state index in [2.05, 4.69) is 68.4 Å². The number of hydrogen-bond acceptors (Lipinski definition) is 2. The summed E-state index contributed by atoms with van der Waals surface area (Å²) >= 11 is 0. The van der Waals surface area contributed by atoms with Crippen LogP contribution in [0, 0.1) is 22.7 Å². The normalized spacial score (nSPS) is 20.6. The number of nitrogens with zero attached hydrogens (tertiary/aromatic N) is 1. The Balaban J connectivity index is 1.49. The van der Waals surface area contributed by atoms with Gasteiger partial charge in [0.2, 0.25) is 0 Å². The van der Waals surface area contributed by atoms with Gasteiger partial charge >= 0.3 is 0 Å². The summed E-state index contributed by atoms with van der Waals surface area (Å²) in [6.07, 6.45) is 14.2. The van der Waals surface area contributed by atoms with Gasteiger partial charge in [0, 0.05) is 0 Å². The molecule has 1 saturated carbocycles. The second-order valence-corrected chi connectivity index (χ2v) is 9.75. The third-order valence-electron chi connectivity index (χ3n) is 7.31. The average Bonchev–Trinajstić information content (AvgIpc) is 2.86. The van der Waals surface area contributed by atoms with Crippen LogP contribution in [-0.4, -0.2) is 6.61 Å². The Bertz CT molecular complexity index is 833. The molecule has 3 rings (SSSR count). The fraction of sp³-hybridized carbons (Fsp3) is 0.567. The van der Waals surface area contributed by atoms with Crippen molar-refractivity contribution >= 4 is 0 Å². The number of unbranched alkanes of at least 4 members (excludes halogenated alkanes) is 4. The van der Waals surface area contributed by atoms with Crippen LogP contribution in [0.1, 0.15) is 90.0 Å². The van der Waals surface area contributed by atoms with E-state index < -0.39 is 0 Å². The molecule has 1 aliphatic rings. The molecular weight excluding hydrogens is 390 g/mol. The van der Waals surface area contributed by atoms with Crippen LogP contribution < -0.4 is 4.74 Å². The molecule has 1 aliphatic carbocycles. The van der Waals surface area contributed by atoms with Gasteiger partial charge in [0.05, 0.1) is 18.1 Å². The summed E-state index contributed by atoms with van der Waals surface area (Å²) in [5, 5.41) is 9.89. The van der Waals surface area contributed by atoms with E-state index in [9.17, 15) is 5.26 Å². The van der Waals surface area contributed by atoms with Crippen molar-refractivity contribution in [3.05, 3.63) is 54.1 Å². The maximum absolute atomic E-state index is 9.89. The van der Waals surface area contributed by atoms with Crippen molar-refractivity contribution in [1.29, 1.82) is 5.26 Å². The molecule has 2 atom stereocenters. The van der Waals surface area contributed by atoms with Gasteiger partial charge in [-0.25, -0.2) is 0 Å². The summed E-state index contributed by atoms with van der Waals surface area (Å²) < 4.78 is 5.90. The number of rotatable bonds is 12. The van der Waals surface area contributed by atoms with Crippen LogP contribution >= 0.6 is 0 Å². The van der Waals surface area contributed by atoms with E-state index in [-0.39, 0.29) is 5.41 Å². The van der Waals surface area contributed by atoms with E-state index in [4.69, 9.17) is 4.74 Å².